The number of nitrogens with one attached hydrogen (secondary N) is 1. The van der Waals surface area contributed by atoms with Crippen molar-refractivity contribution in [2.24, 2.45) is 0 Å². The quantitative estimate of drug-likeness (QED) is 0.752. The number of piperazine rings is 1. The number of ether oxygens (including phenoxy) is 2. The molecule has 2 aliphatic rings. The summed E-state index contributed by atoms with van der Waals surface area (Å²) < 4.78 is 40.2. The predicted molar refractivity (Wildman–Crippen MR) is 113 cm³/mol. The van der Waals surface area contributed by atoms with E-state index in [1.165, 1.54) is 16.7 Å². The average molecular weight is 454 g/mol. The smallest absolute Gasteiger partial charge is 0.414 e. The van der Waals surface area contributed by atoms with Crippen molar-refractivity contribution in [3.05, 3.63) is 23.8 Å². The van der Waals surface area contributed by atoms with E-state index in [2.05, 4.69) is 5.32 Å². The van der Waals surface area contributed by atoms with Crippen LogP contribution in [0.2, 0.25) is 0 Å². The van der Waals surface area contributed by atoms with Crippen LogP contribution in [0.15, 0.2) is 12.1 Å². The molecule has 1 atom stereocenters. The Hall–Kier alpha value is -3.11. The summed E-state index contributed by atoms with van der Waals surface area (Å²) in [5.74, 6) is -1.90. The molecule has 176 valence electrons. The Morgan fingerprint density at radius 1 is 1.16 bits per heavy atom. The van der Waals surface area contributed by atoms with Gasteiger partial charge in [0, 0.05) is 45.2 Å². The molecule has 2 saturated heterocycles. The van der Waals surface area contributed by atoms with Gasteiger partial charge in [0.2, 0.25) is 5.91 Å². The van der Waals surface area contributed by atoms with Crippen LogP contribution < -0.4 is 15.1 Å². The maximum Gasteiger partial charge on any atom is 0.414 e. The molecule has 9 nitrogen and oxygen atoms in total. The molecule has 1 aromatic rings. The maximum absolute atomic E-state index is 14.9. The van der Waals surface area contributed by atoms with E-state index in [-0.39, 0.29) is 56.6 Å². The van der Waals surface area contributed by atoms with Gasteiger partial charge in [0.05, 0.1) is 18.8 Å². The minimum atomic E-state index is -0.816. The molecular weight excluding hydrogens is 426 g/mol. The highest BCUT2D eigenvalue weighted by molar-refractivity contribution is 5.90. The molecule has 2 heterocycles. The number of benzene rings is 1. The van der Waals surface area contributed by atoms with Gasteiger partial charge < -0.3 is 24.6 Å². The van der Waals surface area contributed by atoms with Crippen LogP contribution in [0, 0.1) is 11.6 Å². The summed E-state index contributed by atoms with van der Waals surface area (Å²) in [4.78, 5) is 39.5. The first-order valence-electron chi connectivity index (χ1n) is 10.4. The van der Waals surface area contributed by atoms with Crippen molar-refractivity contribution in [3.63, 3.8) is 0 Å². The van der Waals surface area contributed by atoms with Gasteiger partial charge >= 0.3 is 12.2 Å². The lowest BCUT2D eigenvalue weighted by atomic mass is 10.2. The van der Waals surface area contributed by atoms with E-state index in [1.807, 2.05) is 0 Å². The number of cyclic esters (lactones) is 1. The molecule has 0 saturated carbocycles. The summed E-state index contributed by atoms with van der Waals surface area (Å²) in [6.07, 6.45) is -1.81. The minimum Gasteiger partial charge on any atom is -0.444 e. The number of nitrogens with zero attached hydrogens (tertiary/aromatic N) is 3. The SMILES string of the molecule is CC(=O)NC[C@H]1CN(c2cc(F)c(N3CCN(C(=O)OC(C)(C)C)CC3)c(F)c2)C(=O)O1. The molecule has 2 fully saturated rings. The monoisotopic (exact) mass is 454 g/mol. The van der Waals surface area contributed by atoms with Gasteiger partial charge in [0.15, 0.2) is 11.6 Å². The molecule has 32 heavy (non-hydrogen) atoms. The zero-order valence-electron chi connectivity index (χ0n) is 18.6. The highest BCUT2D eigenvalue weighted by Gasteiger charge is 2.34. The molecule has 2 aliphatic heterocycles. The van der Waals surface area contributed by atoms with Gasteiger partial charge in [-0.3, -0.25) is 9.69 Å². The standard InChI is InChI=1S/C21H28F2N4O5/c1-13(28)24-11-15-12-27(20(30)31-15)14-9-16(22)18(17(23)10-14)25-5-7-26(8-6-25)19(29)32-21(2,3)4/h9-10,15H,5-8,11-12H2,1-4H3,(H,24,28)/t15-/m0/s1. The van der Waals surface area contributed by atoms with Crippen molar-refractivity contribution in [2.45, 2.75) is 39.4 Å². The fourth-order valence-corrected chi connectivity index (χ4v) is 3.55. The fourth-order valence-electron chi connectivity index (χ4n) is 3.55. The second-order valence-electron chi connectivity index (χ2n) is 8.77. The van der Waals surface area contributed by atoms with Crippen LogP contribution in [0.3, 0.4) is 0 Å². The van der Waals surface area contributed by atoms with Crippen molar-refractivity contribution in [1.29, 1.82) is 0 Å². The summed E-state index contributed by atoms with van der Waals surface area (Å²) in [5.41, 5.74) is -0.799. The van der Waals surface area contributed by atoms with Crippen LogP contribution in [-0.4, -0.2) is 74.0 Å². The first kappa shape index (κ1) is 23.6. The second-order valence-corrected chi connectivity index (χ2v) is 8.77. The number of carbonyl (C=O) groups excluding carboxylic acids is 3. The molecule has 1 aromatic carbocycles. The summed E-state index contributed by atoms with van der Waals surface area (Å²) in [6.45, 7) is 7.81. The van der Waals surface area contributed by atoms with Crippen molar-refractivity contribution in [3.8, 4) is 0 Å². The van der Waals surface area contributed by atoms with Crippen LogP contribution in [0.5, 0.6) is 0 Å². The van der Waals surface area contributed by atoms with Crippen LogP contribution in [0.4, 0.5) is 29.7 Å². The Kier molecular flexibility index (Phi) is 6.75. The lowest BCUT2D eigenvalue weighted by molar-refractivity contribution is -0.119. The summed E-state index contributed by atoms with van der Waals surface area (Å²) in [6, 6.07) is 2.17. The third-order valence-corrected chi connectivity index (χ3v) is 5.01. The van der Waals surface area contributed by atoms with Gasteiger partial charge in [-0.15, -0.1) is 0 Å². The lowest BCUT2D eigenvalue weighted by Crippen LogP contribution is -2.50. The van der Waals surface area contributed by atoms with Crippen molar-refractivity contribution < 1.29 is 32.6 Å². The van der Waals surface area contributed by atoms with E-state index < -0.39 is 35.5 Å². The molecule has 3 amide bonds. The Morgan fingerprint density at radius 3 is 2.28 bits per heavy atom. The van der Waals surface area contributed by atoms with E-state index in [4.69, 9.17) is 9.47 Å². The van der Waals surface area contributed by atoms with Crippen LogP contribution >= 0.6 is 0 Å². The summed E-state index contributed by atoms with van der Waals surface area (Å²) in [5, 5.41) is 2.54. The maximum atomic E-state index is 14.9. The Labute approximate surface area is 185 Å². The van der Waals surface area contributed by atoms with E-state index in [0.29, 0.717) is 0 Å². The van der Waals surface area contributed by atoms with Gasteiger partial charge in [-0.25, -0.2) is 18.4 Å². The van der Waals surface area contributed by atoms with Gasteiger partial charge in [-0.1, -0.05) is 0 Å². The van der Waals surface area contributed by atoms with Gasteiger partial charge in [0.1, 0.15) is 17.4 Å². The zero-order chi connectivity index (χ0) is 23.6. The van der Waals surface area contributed by atoms with Gasteiger partial charge in [-0.05, 0) is 20.8 Å². The third kappa shape index (κ3) is 5.57. The van der Waals surface area contributed by atoms with Crippen LogP contribution in [-0.2, 0) is 14.3 Å². The van der Waals surface area contributed by atoms with Crippen molar-refractivity contribution in [2.75, 3.05) is 49.1 Å². The zero-order valence-corrected chi connectivity index (χ0v) is 18.6. The molecule has 0 spiro atoms. The first-order valence-corrected chi connectivity index (χ1v) is 10.4. The number of rotatable bonds is 4. The molecule has 0 radical (unpaired) electrons. The van der Waals surface area contributed by atoms with Crippen molar-refractivity contribution >= 4 is 29.5 Å². The van der Waals surface area contributed by atoms with Crippen LogP contribution in [0.25, 0.3) is 0 Å². The average Bonchev–Trinajstić information content (AvgIpc) is 3.05. The van der Waals surface area contributed by atoms with E-state index in [0.717, 1.165) is 17.0 Å². The minimum absolute atomic E-state index is 0.0338. The normalized spacial score (nSPS) is 19.1. The number of hydrogen-bond acceptors (Lipinski definition) is 6. The Balaban J connectivity index is 1.66. The van der Waals surface area contributed by atoms with Crippen LogP contribution in [0.1, 0.15) is 27.7 Å². The number of anilines is 2. The Morgan fingerprint density at radius 2 is 1.75 bits per heavy atom. The number of amides is 3. The highest BCUT2D eigenvalue weighted by atomic mass is 19.1. The number of carbonyl (C=O) groups is 3. The van der Waals surface area contributed by atoms with E-state index in [9.17, 15) is 23.2 Å². The molecule has 11 heteroatoms. The summed E-state index contributed by atoms with van der Waals surface area (Å²) in [7, 11) is 0. The number of halogens is 2. The molecule has 1 N–H and O–H groups in total. The number of hydrogen-bond donors (Lipinski definition) is 1. The van der Waals surface area contributed by atoms with Crippen molar-refractivity contribution in [1.82, 2.24) is 10.2 Å². The van der Waals surface area contributed by atoms with Gasteiger partial charge in [-0.2, -0.15) is 0 Å². The Bertz CT molecular complexity index is 874. The van der Waals surface area contributed by atoms with E-state index in [1.54, 1.807) is 20.8 Å². The molecule has 0 aromatic heterocycles. The predicted octanol–water partition coefficient (Wildman–Crippen LogP) is 2.48. The van der Waals surface area contributed by atoms with Gasteiger partial charge in [0.25, 0.3) is 0 Å². The molecular formula is C21H28F2N4O5. The molecule has 0 aliphatic carbocycles. The molecule has 3 rings (SSSR count). The second kappa shape index (κ2) is 9.17. The summed E-state index contributed by atoms with van der Waals surface area (Å²) >= 11 is 0. The third-order valence-electron chi connectivity index (χ3n) is 5.01. The highest BCUT2D eigenvalue weighted by Crippen LogP contribution is 2.31. The lowest BCUT2D eigenvalue weighted by Gasteiger charge is -2.37. The largest absolute Gasteiger partial charge is 0.444 e. The molecule has 0 bridgehead atoms. The molecule has 0 unspecified atom stereocenters. The van der Waals surface area contributed by atoms with E-state index >= 15 is 0 Å². The first-order chi connectivity index (χ1) is 14.9. The topological polar surface area (TPSA) is 91.4 Å². The fraction of sp³-hybridized carbons (Fsp3) is 0.571.